The van der Waals surface area contributed by atoms with Crippen LogP contribution in [0.2, 0.25) is 0 Å². The molecule has 0 radical (unpaired) electrons. The molecule has 3 aromatic rings. The molecule has 0 aliphatic heterocycles. The molecular weight excluding hydrogens is 480 g/mol. The number of sulfonamides is 1. The monoisotopic (exact) mass is 509 g/mol. The molecule has 5 nitrogen and oxygen atoms in total. The summed E-state index contributed by atoms with van der Waals surface area (Å²) in [6, 6.07) is 12.0. The Kier molecular flexibility index (Phi) is 5.64. The van der Waals surface area contributed by atoms with Gasteiger partial charge >= 0.3 is 0 Å². The molecule has 0 saturated heterocycles. The second-order valence-electron chi connectivity index (χ2n) is 10.6. The van der Waals surface area contributed by atoms with Crippen molar-refractivity contribution in [3.8, 4) is 5.69 Å². The van der Waals surface area contributed by atoms with E-state index in [1.54, 1.807) is 22.5 Å². The summed E-state index contributed by atoms with van der Waals surface area (Å²) >= 11 is 0. The molecule has 2 aromatic carbocycles. The zero-order valence-corrected chi connectivity index (χ0v) is 21.0. The van der Waals surface area contributed by atoms with Crippen LogP contribution in [0.15, 0.2) is 65.2 Å². The summed E-state index contributed by atoms with van der Waals surface area (Å²) in [4.78, 5) is -0.240. The molecule has 0 spiro atoms. The van der Waals surface area contributed by atoms with Crippen LogP contribution in [0.5, 0.6) is 0 Å². The van der Waals surface area contributed by atoms with E-state index in [2.05, 4.69) is 18.1 Å². The first-order chi connectivity index (χ1) is 17.3. The normalized spacial score (nSPS) is 23.4. The van der Waals surface area contributed by atoms with Crippen molar-refractivity contribution in [2.24, 2.45) is 17.3 Å². The first-order valence-electron chi connectivity index (χ1n) is 12.5. The Labute approximate surface area is 210 Å². The third-order valence-electron chi connectivity index (χ3n) is 8.26. The average Bonchev–Trinajstić information content (AvgIpc) is 3.50. The highest BCUT2D eigenvalue weighted by Gasteiger charge is 2.47. The number of hydrogen-bond donors (Lipinski definition) is 0. The molecule has 6 rings (SSSR count). The van der Waals surface area contributed by atoms with E-state index in [0.29, 0.717) is 19.0 Å². The molecule has 36 heavy (non-hydrogen) atoms. The number of allylic oxidation sites excluding steroid dienone is 1. The fourth-order valence-corrected chi connectivity index (χ4v) is 7.54. The van der Waals surface area contributed by atoms with Crippen molar-refractivity contribution in [3.05, 3.63) is 83.2 Å². The zero-order valence-electron chi connectivity index (χ0n) is 20.2. The van der Waals surface area contributed by atoms with Gasteiger partial charge in [-0.15, -0.1) is 0 Å². The first kappa shape index (κ1) is 23.6. The van der Waals surface area contributed by atoms with E-state index >= 15 is 0 Å². The van der Waals surface area contributed by atoms with Crippen molar-refractivity contribution >= 4 is 16.1 Å². The molecule has 8 heteroatoms. The summed E-state index contributed by atoms with van der Waals surface area (Å²) in [5, 5.41) is 4.58. The highest BCUT2D eigenvalue weighted by molar-refractivity contribution is 7.89. The number of hydrogen-bond acceptors (Lipinski definition) is 3. The minimum absolute atomic E-state index is 0.117. The molecule has 2 saturated carbocycles. The van der Waals surface area contributed by atoms with Crippen LogP contribution < -0.4 is 0 Å². The van der Waals surface area contributed by atoms with Gasteiger partial charge in [-0.25, -0.2) is 21.9 Å². The smallest absolute Gasteiger partial charge is 0.233 e. The van der Waals surface area contributed by atoms with E-state index in [-0.39, 0.29) is 22.0 Å². The Hall–Kier alpha value is -2.84. The van der Waals surface area contributed by atoms with Crippen LogP contribution in [0.3, 0.4) is 0 Å². The maximum Gasteiger partial charge on any atom is 0.246 e. The molecule has 2 atom stereocenters. The maximum atomic E-state index is 14.5. The quantitative estimate of drug-likeness (QED) is 0.416. The van der Waals surface area contributed by atoms with Crippen LogP contribution in [0, 0.1) is 28.9 Å². The molecule has 3 aliphatic carbocycles. The molecule has 0 bridgehead atoms. The summed E-state index contributed by atoms with van der Waals surface area (Å²) in [7, 11) is -3.94. The number of aromatic nitrogens is 2. The minimum atomic E-state index is -3.94. The molecule has 188 valence electrons. The van der Waals surface area contributed by atoms with E-state index in [1.165, 1.54) is 35.9 Å². The lowest BCUT2D eigenvalue weighted by Gasteiger charge is -2.38. The van der Waals surface area contributed by atoms with Crippen molar-refractivity contribution in [3.63, 3.8) is 0 Å². The number of benzene rings is 2. The van der Waals surface area contributed by atoms with Gasteiger partial charge in [0, 0.05) is 13.1 Å². The fraction of sp³-hybridized carbons (Fsp3) is 0.393. The van der Waals surface area contributed by atoms with Gasteiger partial charge in [-0.1, -0.05) is 24.6 Å². The van der Waals surface area contributed by atoms with Gasteiger partial charge in [0.1, 0.15) is 16.5 Å². The molecule has 0 amide bonds. The number of rotatable bonds is 7. The van der Waals surface area contributed by atoms with Crippen LogP contribution in [0.25, 0.3) is 11.8 Å². The predicted molar refractivity (Wildman–Crippen MR) is 134 cm³/mol. The molecule has 1 aromatic heterocycles. The molecule has 0 unspecified atom stereocenters. The second-order valence-corrected chi connectivity index (χ2v) is 12.5. The largest absolute Gasteiger partial charge is 0.246 e. The van der Waals surface area contributed by atoms with Gasteiger partial charge in [0.15, 0.2) is 0 Å². The van der Waals surface area contributed by atoms with Gasteiger partial charge in [-0.05, 0) is 97.4 Å². The Morgan fingerprint density at radius 2 is 1.81 bits per heavy atom. The van der Waals surface area contributed by atoms with E-state index in [9.17, 15) is 17.2 Å². The van der Waals surface area contributed by atoms with Crippen molar-refractivity contribution in [1.29, 1.82) is 0 Å². The number of fused-ring (bicyclic) bond motifs is 2. The highest BCUT2D eigenvalue weighted by Crippen LogP contribution is 2.53. The predicted octanol–water partition coefficient (Wildman–Crippen LogP) is 5.61. The summed E-state index contributed by atoms with van der Waals surface area (Å²) < 4.78 is 58.5. The fourth-order valence-electron chi connectivity index (χ4n) is 5.91. The summed E-state index contributed by atoms with van der Waals surface area (Å²) in [6.07, 6.45) is 8.61. The topological polar surface area (TPSA) is 55.2 Å². The summed E-state index contributed by atoms with van der Waals surface area (Å²) in [6.45, 7) is 3.04. The van der Waals surface area contributed by atoms with Crippen LogP contribution >= 0.6 is 0 Å². The second kappa shape index (κ2) is 8.63. The van der Waals surface area contributed by atoms with Crippen LogP contribution in [-0.2, 0) is 16.4 Å². The van der Waals surface area contributed by atoms with Gasteiger partial charge in [-0.3, -0.25) is 0 Å². The van der Waals surface area contributed by atoms with Crippen molar-refractivity contribution < 1.29 is 17.2 Å². The molecular formula is C28H29F2N3O2S. The Balaban J connectivity index is 1.30. The molecule has 0 N–H and O–H groups in total. The third-order valence-corrected chi connectivity index (χ3v) is 10.1. The van der Waals surface area contributed by atoms with Gasteiger partial charge < -0.3 is 0 Å². The number of nitrogens with zero attached hydrogens (tertiary/aromatic N) is 3. The standard InChI is InChI=1S/C28H29F2N3O2S/c1-28-15-20-16-31-33(24-12-10-23(29)11-13-24)26(20)14-21(28)8-9-22(28)18-32(17-19-6-7-19)36(34,35)27-5-3-2-4-25(27)30/h2-5,10-14,16,19,22H,6-9,15,17-18H2,1H3/t22-,28+/m1/s1. The van der Waals surface area contributed by atoms with E-state index in [0.717, 1.165) is 49.0 Å². The van der Waals surface area contributed by atoms with E-state index in [4.69, 9.17) is 0 Å². The maximum absolute atomic E-state index is 14.5. The van der Waals surface area contributed by atoms with E-state index in [1.807, 2.05) is 10.9 Å². The van der Waals surface area contributed by atoms with Gasteiger partial charge in [0.2, 0.25) is 10.0 Å². The number of halogens is 2. The van der Waals surface area contributed by atoms with Gasteiger partial charge in [0.05, 0.1) is 17.6 Å². The Bertz CT molecular complexity index is 1440. The molecule has 2 fully saturated rings. The van der Waals surface area contributed by atoms with Crippen molar-refractivity contribution in [1.82, 2.24) is 14.1 Å². The van der Waals surface area contributed by atoms with Gasteiger partial charge in [-0.2, -0.15) is 9.40 Å². The van der Waals surface area contributed by atoms with Crippen molar-refractivity contribution in [2.45, 2.75) is 43.9 Å². The first-order valence-corrected chi connectivity index (χ1v) is 14.0. The Morgan fingerprint density at radius 1 is 1.06 bits per heavy atom. The zero-order chi connectivity index (χ0) is 25.1. The third kappa shape index (κ3) is 4.00. The van der Waals surface area contributed by atoms with Gasteiger partial charge in [0.25, 0.3) is 0 Å². The van der Waals surface area contributed by atoms with Crippen LogP contribution in [0.1, 0.15) is 43.9 Å². The molecule has 1 heterocycles. The Morgan fingerprint density at radius 3 is 2.53 bits per heavy atom. The summed E-state index contributed by atoms with van der Waals surface area (Å²) in [5.74, 6) is -0.522. The van der Waals surface area contributed by atoms with Crippen LogP contribution in [-0.4, -0.2) is 35.6 Å². The average molecular weight is 510 g/mol. The SMILES string of the molecule is C[C@]12Cc3cnn(-c4ccc(F)cc4)c3C=C1CC[C@@H]2CN(CC1CC1)S(=O)(=O)c1ccccc1F. The van der Waals surface area contributed by atoms with E-state index < -0.39 is 15.8 Å². The summed E-state index contributed by atoms with van der Waals surface area (Å²) in [5.41, 5.74) is 4.00. The minimum Gasteiger partial charge on any atom is -0.233 e. The lowest BCUT2D eigenvalue weighted by molar-refractivity contribution is 0.217. The van der Waals surface area contributed by atoms with Crippen molar-refractivity contribution in [2.75, 3.05) is 13.1 Å². The highest BCUT2D eigenvalue weighted by atomic mass is 32.2. The lowest BCUT2D eigenvalue weighted by atomic mass is 9.70. The lowest BCUT2D eigenvalue weighted by Crippen LogP contribution is -2.42. The molecule has 3 aliphatic rings. The van der Waals surface area contributed by atoms with Crippen LogP contribution in [0.4, 0.5) is 8.78 Å².